The summed E-state index contributed by atoms with van der Waals surface area (Å²) in [7, 11) is 0. The molecule has 1 amide bonds. The lowest BCUT2D eigenvalue weighted by molar-refractivity contribution is -0.116. The van der Waals surface area contributed by atoms with Crippen molar-refractivity contribution in [3.63, 3.8) is 0 Å². The van der Waals surface area contributed by atoms with Gasteiger partial charge in [-0.1, -0.05) is 12.1 Å². The van der Waals surface area contributed by atoms with E-state index >= 15 is 0 Å². The number of carbonyl (C=O) groups excluding carboxylic acids is 1. The molecule has 3 rings (SSSR count). The SMILES string of the molecule is Cc1nc2ccccc2c(=O)n1CC(=O)Nc1ccc(Br)cn1. The fourth-order valence-electron chi connectivity index (χ4n) is 2.24. The maximum Gasteiger partial charge on any atom is 0.261 e. The summed E-state index contributed by atoms with van der Waals surface area (Å²) in [5.74, 6) is 0.590. The molecule has 0 aliphatic heterocycles. The molecule has 0 fully saturated rings. The van der Waals surface area contributed by atoms with Crippen LogP contribution < -0.4 is 10.9 Å². The number of amides is 1. The van der Waals surface area contributed by atoms with Crippen molar-refractivity contribution in [1.29, 1.82) is 0 Å². The van der Waals surface area contributed by atoms with Gasteiger partial charge in [-0.25, -0.2) is 9.97 Å². The third-order valence-corrected chi connectivity index (χ3v) is 3.82. The number of aromatic nitrogens is 3. The monoisotopic (exact) mass is 372 g/mol. The van der Waals surface area contributed by atoms with Crippen molar-refractivity contribution in [1.82, 2.24) is 14.5 Å². The van der Waals surface area contributed by atoms with Crippen LogP contribution in [0.25, 0.3) is 10.9 Å². The number of aryl methyl sites for hydroxylation is 1. The molecular formula is C16H13BrN4O2. The van der Waals surface area contributed by atoms with Gasteiger partial charge in [0.1, 0.15) is 18.2 Å². The van der Waals surface area contributed by atoms with Crippen LogP contribution in [0.2, 0.25) is 0 Å². The van der Waals surface area contributed by atoms with Crippen molar-refractivity contribution in [2.45, 2.75) is 13.5 Å². The molecule has 6 nitrogen and oxygen atoms in total. The molecule has 0 saturated carbocycles. The normalized spacial score (nSPS) is 10.7. The molecule has 0 aliphatic carbocycles. The molecule has 23 heavy (non-hydrogen) atoms. The van der Waals surface area contributed by atoms with Crippen LogP contribution in [0.4, 0.5) is 5.82 Å². The molecule has 2 heterocycles. The zero-order valence-electron chi connectivity index (χ0n) is 12.3. The van der Waals surface area contributed by atoms with Crippen molar-refractivity contribution in [2.75, 3.05) is 5.32 Å². The Hall–Kier alpha value is -2.54. The van der Waals surface area contributed by atoms with Crippen molar-refractivity contribution >= 4 is 38.6 Å². The van der Waals surface area contributed by atoms with Gasteiger partial charge in [0.2, 0.25) is 5.91 Å². The van der Waals surface area contributed by atoms with E-state index < -0.39 is 0 Å². The number of halogens is 1. The fraction of sp³-hybridized carbons (Fsp3) is 0.125. The first-order chi connectivity index (χ1) is 11.0. The summed E-state index contributed by atoms with van der Waals surface area (Å²) < 4.78 is 2.18. The maximum atomic E-state index is 12.5. The number of hydrogen-bond donors (Lipinski definition) is 1. The Kier molecular flexibility index (Phi) is 4.20. The number of pyridine rings is 1. The van der Waals surface area contributed by atoms with Crippen LogP contribution in [-0.2, 0) is 11.3 Å². The molecule has 2 aromatic heterocycles. The van der Waals surface area contributed by atoms with Gasteiger partial charge in [-0.05, 0) is 47.1 Å². The second-order valence-electron chi connectivity index (χ2n) is 4.98. The number of carbonyl (C=O) groups is 1. The number of nitrogens with zero attached hydrogens (tertiary/aromatic N) is 3. The smallest absolute Gasteiger partial charge is 0.261 e. The predicted molar refractivity (Wildman–Crippen MR) is 91.3 cm³/mol. The summed E-state index contributed by atoms with van der Waals surface area (Å²) in [5.41, 5.74) is 0.397. The zero-order chi connectivity index (χ0) is 16.4. The van der Waals surface area contributed by atoms with Gasteiger partial charge in [0.15, 0.2) is 0 Å². The molecule has 7 heteroatoms. The standard InChI is InChI=1S/C16H13BrN4O2/c1-10-19-13-5-3-2-4-12(13)16(23)21(10)9-15(22)20-14-7-6-11(17)8-18-14/h2-8H,9H2,1H3,(H,18,20,22). The Balaban J connectivity index is 1.87. The van der Waals surface area contributed by atoms with Gasteiger partial charge in [0, 0.05) is 10.7 Å². The van der Waals surface area contributed by atoms with Gasteiger partial charge in [-0.3, -0.25) is 14.2 Å². The summed E-state index contributed by atoms with van der Waals surface area (Å²) in [6.07, 6.45) is 1.59. The summed E-state index contributed by atoms with van der Waals surface area (Å²) in [6, 6.07) is 10.5. The molecule has 1 N–H and O–H groups in total. The van der Waals surface area contributed by atoms with Crippen molar-refractivity contribution in [3.05, 3.63) is 63.2 Å². The van der Waals surface area contributed by atoms with Crippen LogP contribution >= 0.6 is 15.9 Å². The van der Waals surface area contributed by atoms with E-state index in [1.165, 1.54) is 4.57 Å². The van der Waals surface area contributed by atoms with Gasteiger partial charge < -0.3 is 5.32 Å². The number of fused-ring (bicyclic) bond motifs is 1. The topological polar surface area (TPSA) is 76.9 Å². The molecular weight excluding hydrogens is 360 g/mol. The zero-order valence-corrected chi connectivity index (χ0v) is 13.9. The van der Waals surface area contributed by atoms with E-state index in [-0.39, 0.29) is 18.0 Å². The van der Waals surface area contributed by atoms with Crippen LogP contribution in [-0.4, -0.2) is 20.4 Å². The van der Waals surface area contributed by atoms with E-state index in [0.29, 0.717) is 22.5 Å². The summed E-state index contributed by atoms with van der Waals surface area (Å²) >= 11 is 3.28. The van der Waals surface area contributed by atoms with Gasteiger partial charge in [-0.15, -0.1) is 0 Å². The second-order valence-corrected chi connectivity index (χ2v) is 5.89. The van der Waals surface area contributed by atoms with E-state index in [1.54, 1.807) is 43.5 Å². The first-order valence-electron chi connectivity index (χ1n) is 6.92. The van der Waals surface area contributed by atoms with E-state index in [0.717, 1.165) is 4.47 Å². The Morgan fingerprint density at radius 3 is 2.78 bits per heavy atom. The highest BCUT2D eigenvalue weighted by molar-refractivity contribution is 9.10. The number of benzene rings is 1. The molecule has 0 atom stereocenters. The quantitative estimate of drug-likeness (QED) is 0.766. The van der Waals surface area contributed by atoms with Crippen LogP contribution in [0.3, 0.4) is 0 Å². The minimum atomic E-state index is -0.331. The summed E-state index contributed by atoms with van der Waals surface area (Å²) in [5, 5.41) is 3.15. The largest absolute Gasteiger partial charge is 0.309 e. The van der Waals surface area contributed by atoms with E-state index in [2.05, 4.69) is 31.2 Å². The lowest BCUT2D eigenvalue weighted by Gasteiger charge is -2.10. The highest BCUT2D eigenvalue weighted by Gasteiger charge is 2.11. The molecule has 0 radical (unpaired) electrons. The van der Waals surface area contributed by atoms with Crippen LogP contribution in [0.5, 0.6) is 0 Å². The van der Waals surface area contributed by atoms with Crippen LogP contribution in [0.1, 0.15) is 5.82 Å². The molecule has 0 spiro atoms. The molecule has 116 valence electrons. The Morgan fingerprint density at radius 2 is 2.04 bits per heavy atom. The van der Waals surface area contributed by atoms with Crippen molar-refractivity contribution < 1.29 is 4.79 Å². The number of anilines is 1. The van der Waals surface area contributed by atoms with Gasteiger partial charge >= 0.3 is 0 Å². The molecule has 0 saturated heterocycles. The van der Waals surface area contributed by atoms with E-state index in [1.807, 2.05) is 6.07 Å². The number of nitrogens with one attached hydrogen (secondary N) is 1. The first-order valence-corrected chi connectivity index (χ1v) is 7.71. The Labute approximate surface area is 140 Å². The average Bonchev–Trinajstić information content (AvgIpc) is 2.54. The third kappa shape index (κ3) is 3.29. The number of para-hydroxylation sites is 1. The third-order valence-electron chi connectivity index (χ3n) is 3.35. The minimum Gasteiger partial charge on any atom is -0.309 e. The first kappa shape index (κ1) is 15.4. The molecule has 0 aliphatic rings. The van der Waals surface area contributed by atoms with E-state index in [4.69, 9.17) is 0 Å². The summed E-state index contributed by atoms with van der Waals surface area (Å²) in [6.45, 7) is 1.60. The van der Waals surface area contributed by atoms with Gasteiger partial charge in [0.25, 0.3) is 5.56 Å². The molecule has 3 aromatic rings. The number of rotatable bonds is 3. The highest BCUT2D eigenvalue weighted by Crippen LogP contribution is 2.11. The summed E-state index contributed by atoms with van der Waals surface area (Å²) in [4.78, 5) is 33.1. The van der Waals surface area contributed by atoms with Gasteiger partial charge in [0.05, 0.1) is 10.9 Å². The second kappa shape index (κ2) is 6.29. The Morgan fingerprint density at radius 1 is 1.26 bits per heavy atom. The predicted octanol–water partition coefficient (Wildman–Crippen LogP) is 2.50. The lowest BCUT2D eigenvalue weighted by atomic mass is 10.2. The maximum absolute atomic E-state index is 12.5. The molecule has 0 bridgehead atoms. The van der Waals surface area contributed by atoms with E-state index in [9.17, 15) is 9.59 Å². The minimum absolute atomic E-state index is 0.111. The molecule has 1 aromatic carbocycles. The van der Waals surface area contributed by atoms with Gasteiger partial charge in [-0.2, -0.15) is 0 Å². The van der Waals surface area contributed by atoms with Crippen molar-refractivity contribution in [3.8, 4) is 0 Å². The van der Waals surface area contributed by atoms with Crippen LogP contribution in [0.15, 0.2) is 51.9 Å². The van der Waals surface area contributed by atoms with Crippen molar-refractivity contribution in [2.24, 2.45) is 0 Å². The average molecular weight is 373 g/mol. The number of hydrogen-bond acceptors (Lipinski definition) is 4. The lowest BCUT2D eigenvalue weighted by Crippen LogP contribution is -2.30. The highest BCUT2D eigenvalue weighted by atomic mass is 79.9. The molecule has 0 unspecified atom stereocenters. The Bertz CT molecular complexity index is 935. The fourth-order valence-corrected chi connectivity index (χ4v) is 2.48. The van der Waals surface area contributed by atoms with Crippen LogP contribution in [0, 0.1) is 6.92 Å².